The molecular formula is C19H26N2O3. The molecule has 0 radical (unpaired) electrons. The Kier molecular flexibility index (Phi) is 6.41. The van der Waals surface area contributed by atoms with Gasteiger partial charge in [-0.25, -0.2) is 0 Å². The first kappa shape index (κ1) is 18.0. The van der Waals surface area contributed by atoms with Crippen molar-refractivity contribution in [2.45, 2.75) is 19.8 Å². The highest BCUT2D eigenvalue weighted by molar-refractivity contribution is 5.92. The Morgan fingerprint density at radius 3 is 2.54 bits per heavy atom. The number of rotatable bonds is 5. The summed E-state index contributed by atoms with van der Waals surface area (Å²) < 4.78 is 5.56. The molecule has 0 N–H and O–H groups in total. The third-order valence-corrected chi connectivity index (χ3v) is 4.22. The molecule has 2 rings (SSSR count). The Balaban J connectivity index is 1.93. The van der Waals surface area contributed by atoms with Crippen LogP contribution in [0.15, 0.2) is 30.3 Å². The number of hydrogen-bond acceptors (Lipinski definition) is 3. The summed E-state index contributed by atoms with van der Waals surface area (Å²) in [5.41, 5.74) is 0.894. The minimum Gasteiger partial charge on any atom is -0.493 e. The predicted octanol–water partition coefficient (Wildman–Crippen LogP) is 2.43. The Bertz CT molecular complexity index is 602. The first-order chi connectivity index (χ1) is 11.5. The lowest BCUT2D eigenvalue weighted by atomic mass is 9.95. The lowest BCUT2D eigenvalue weighted by Gasteiger charge is -2.31. The zero-order valence-electron chi connectivity index (χ0n) is 14.7. The summed E-state index contributed by atoms with van der Waals surface area (Å²) in [6.45, 7) is 3.78. The quantitative estimate of drug-likeness (QED) is 0.779. The van der Waals surface area contributed by atoms with E-state index in [0.717, 1.165) is 24.2 Å². The second-order valence-corrected chi connectivity index (χ2v) is 6.14. The highest BCUT2D eigenvalue weighted by atomic mass is 16.5. The van der Waals surface area contributed by atoms with Crippen LogP contribution in [0.1, 0.15) is 25.3 Å². The molecule has 2 amide bonds. The van der Waals surface area contributed by atoms with Gasteiger partial charge in [0.05, 0.1) is 6.61 Å². The number of likely N-dealkylation sites (tertiary alicyclic amines) is 1. The van der Waals surface area contributed by atoms with Crippen molar-refractivity contribution >= 4 is 17.9 Å². The third kappa shape index (κ3) is 4.60. The number of para-hydroxylation sites is 1. The van der Waals surface area contributed by atoms with Gasteiger partial charge in [-0.2, -0.15) is 0 Å². The van der Waals surface area contributed by atoms with Crippen LogP contribution in [0.25, 0.3) is 6.08 Å². The molecule has 0 unspecified atom stereocenters. The molecule has 1 heterocycles. The monoisotopic (exact) mass is 330 g/mol. The molecule has 1 aromatic rings. The SMILES string of the molecule is CCOc1ccccc1C=CC(=O)N1CCC(C(=O)N(C)C)CC1. The van der Waals surface area contributed by atoms with E-state index in [0.29, 0.717) is 19.7 Å². The largest absolute Gasteiger partial charge is 0.493 e. The van der Waals surface area contributed by atoms with Gasteiger partial charge in [-0.15, -0.1) is 0 Å². The van der Waals surface area contributed by atoms with Gasteiger partial charge in [0.25, 0.3) is 0 Å². The van der Waals surface area contributed by atoms with Crippen molar-refractivity contribution in [1.29, 1.82) is 0 Å². The van der Waals surface area contributed by atoms with Crippen molar-refractivity contribution in [2.24, 2.45) is 5.92 Å². The van der Waals surface area contributed by atoms with E-state index in [2.05, 4.69) is 0 Å². The van der Waals surface area contributed by atoms with Gasteiger partial charge in [-0.3, -0.25) is 9.59 Å². The maximum atomic E-state index is 12.4. The minimum atomic E-state index is -0.0166. The molecular weight excluding hydrogens is 304 g/mol. The van der Waals surface area contributed by atoms with Gasteiger partial charge >= 0.3 is 0 Å². The second-order valence-electron chi connectivity index (χ2n) is 6.14. The smallest absolute Gasteiger partial charge is 0.246 e. The average molecular weight is 330 g/mol. The van der Waals surface area contributed by atoms with Crippen LogP contribution >= 0.6 is 0 Å². The van der Waals surface area contributed by atoms with Gasteiger partial charge in [0, 0.05) is 44.7 Å². The van der Waals surface area contributed by atoms with Crippen LogP contribution < -0.4 is 4.74 Å². The average Bonchev–Trinajstić information content (AvgIpc) is 2.60. The summed E-state index contributed by atoms with van der Waals surface area (Å²) in [6.07, 6.45) is 4.84. The second kappa shape index (κ2) is 8.52. The van der Waals surface area contributed by atoms with E-state index in [1.165, 1.54) is 0 Å². The summed E-state index contributed by atoms with van der Waals surface area (Å²) in [5.74, 6) is 0.950. The van der Waals surface area contributed by atoms with Gasteiger partial charge in [-0.05, 0) is 31.9 Å². The molecule has 1 saturated heterocycles. The van der Waals surface area contributed by atoms with Crippen LogP contribution in [0, 0.1) is 5.92 Å². The van der Waals surface area contributed by atoms with Crippen molar-refractivity contribution in [3.05, 3.63) is 35.9 Å². The lowest BCUT2D eigenvalue weighted by molar-refractivity contribution is -0.137. The Labute approximate surface area is 143 Å². The molecule has 0 aliphatic carbocycles. The van der Waals surface area contributed by atoms with Crippen LogP contribution in [-0.2, 0) is 9.59 Å². The molecule has 0 aromatic heterocycles. The Morgan fingerprint density at radius 2 is 1.92 bits per heavy atom. The van der Waals surface area contributed by atoms with E-state index in [-0.39, 0.29) is 17.7 Å². The Hall–Kier alpha value is -2.30. The molecule has 130 valence electrons. The molecule has 5 nitrogen and oxygen atoms in total. The molecule has 1 aromatic carbocycles. The maximum Gasteiger partial charge on any atom is 0.246 e. The van der Waals surface area contributed by atoms with Gasteiger partial charge in [0.15, 0.2) is 0 Å². The first-order valence-corrected chi connectivity index (χ1v) is 8.43. The number of hydrogen-bond donors (Lipinski definition) is 0. The maximum absolute atomic E-state index is 12.4. The molecule has 0 atom stereocenters. The zero-order valence-corrected chi connectivity index (χ0v) is 14.7. The summed E-state index contributed by atoms with van der Waals surface area (Å²) in [7, 11) is 3.55. The van der Waals surface area contributed by atoms with Crippen molar-refractivity contribution in [1.82, 2.24) is 9.80 Å². The normalized spacial score (nSPS) is 15.5. The van der Waals surface area contributed by atoms with E-state index in [4.69, 9.17) is 4.74 Å². The first-order valence-electron chi connectivity index (χ1n) is 8.43. The molecule has 0 bridgehead atoms. The highest BCUT2D eigenvalue weighted by Crippen LogP contribution is 2.21. The summed E-state index contributed by atoms with van der Waals surface area (Å²) in [6, 6.07) is 7.66. The highest BCUT2D eigenvalue weighted by Gasteiger charge is 2.27. The van der Waals surface area contributed by atoms with Crippen LogP contribution in [0.4, 0.5) is 0 Å². The number of carbonyl (C=O) groups is 2. The van der Waals surface area contributed by atoms with Crippen LogP contribution in [0.2, 0.25) is 0 Å². The van der Waals surface area contributed by atoms with Crippen LogP contribution in [-0.4, -0.2) is 55.4 Å². The van der Waals surface area contributed by atoms with E-state index >= 15 is 0 Å². The van der Waals surface area contributed by atoms with E-state index < -0.39 is 0 Å². The number of piperidine rings is 1. The zero-order chi connectivity index (χ0) is 17.5. The topological polar surface area (TPSA) is 49.9 Å². The Morgan fingerprint density at radius 1 is 1.25 bits per heavy atom. The molecule has 5 heteroatoms. The molecule has 0 saturated carbocycles. The van der Waals surface area contributed by atoms with Crippen molar-refractivity contribution < 1.29 is 14.3 Å². The number of amides is 2. The summed E-state index contributed by atoms with van der Waals surface area (Å²) in [5, 5.41) is 0. The molecule has 24 heavy (non-hydrogen) atoms. The predicted molar refractivity (Wildman–Crippen MR) is 94.6 cm³/mol. The van der Waals surface area contributed by atoms with Gasteiger partial charge in [0.2, 0.25) is 11.8 Å². The van der Waals surface area contributed by atoms with Crippen molar-refractivity contribution in [3.63, 3.8) is 0 Å². The van der Waals surface area contributed by atoms with Gasteiger partial charge in [-0.1, -0.05) is 18.2 Å². The number of nitrogens with zero attached hydrogens (tertiary/aromatic N) is 2. The lowest BCUT2D eigenvalue weighted by Crippen LogP contribution is -2.42. The minimum absolute atomic E-state index is 0.0166. The third-order valence-electron chi connectivity index (χ3n) is 4.22. The van der Waals surface area contributed by atoms with Crippen LogP contribution in [0.5, 0.6) is 5.75 Å². The number of carbonyl (C=O) groups excluding carboxylic acids is 2. The molecule has 1 aliphatic heterocycles. The van der Waals surface area contributed by atoms with Gasteiger partial charge < -0.3 is 14.5 Å². The molecule has 1 fully saturated rings. The fourth-order valence-corrected chi connectivity index (χ4v) is 2.88. The van der Waals surface area contributed by atoms with Crippen molar-refractivity contribution in [2.75, 3.05) is 33.8 Å². The van der Waals surface area contributed by atoms with E-state index in [1.54, 1.807) is 36.0 Å². The fourth-order valence-electron chi connectivity index (χ4n) is 2.88. The molecule has 0 spiro atoms. The number of ether oxygens (including phenoxy) is 1. The fraction of sp³-hybridized carbons (Fsp3) is 0.474. The number of benzene rings is 1. The summed E-state index contributed by atoms with van der Waals surface area (Å²) >= 11 is 0. The van der Waals surface area contributed by atoms with Crippen LogP contribution in [0.3, 0.4) is 0 Å². The van der Waals surface area contributed by atoms with E-state index in [9.17, 15) is 9.59 Å². The standard InChI is InChI=1S/C19H26N2O3/c1-4-24-17-8-6-5-7-15(17)9-10-18(22)21-13-11-16(12-14-21)19(23)20(2)3/h5-10,16H,4,11-14H2,1-3H3. The van der Waals surface area contributed by atoms with Crippen molar-refractivity contribution in [3.8, 4) is 5.75 Å². The molecule has 1 aliphatic rings. The van der Waals surface area contributed by atoms with E-state index in [1.807, 2.05) is 31.2 Å². The summed E-state index contributed by atoms with van der Waals surface area (Å²) in [4.78, 5) is 27.8. The van der Waals surface area contributed by atoms with Gasteiger partial charge in [0.1, 0.15) is 5.75 Å².